The number of nitrogens with two attached hydrogens (primary N) is 1. The van der Waals surface area contributed by atoms with Crippen LogP contribution in [0.3, 0.4) is 0 Å². The number of carbonyl (C=O) groups is 1. The van der Waals surface area contributed by atoms with Crippen LogP contribution < -0.4 is 5.73 Å². The smallest absolute Gasteiger partial charge is 0.236 e. The fraction of sp³-hybridized carbons (Fsp3) is 0.867. The number of likely N-dealkylation sites (tertiary alicyclic amines) is 1. The second-order valence-electron chi connectivity index (χ2n) is 6.35. The van der Waals surface area contributed by atoms with Crippen molar-refractivity contribution in [3.8, 4) is 0 Å². The molecule has 1 saturated carbocycles. The van der Waals surface area contributed by atoms with Gasteiger partial charge in [0.2, 0.25) is 5.91 Å². The summed E-state index contributed by atoms with van der Waals surface area (Å²) in [4.78, 5) is 15.6. The number of hydrogen-bond donors (Lipinski definition) is 1. The van der Waals surface area contributed by atoms with Crippen LogP contribution in [0.1, 0.15) is 65.2 Å². The molecule has 1 amide bonds. The Morgan fingerprint density at radius 2 is 1.63 bits per heavy atom. The molecule has 0 aromatic heterocycles. The van der Waals surface area contributed by atoms with Crippen LogP contribution in [-0.2, 0) is 4.79 Å². The van der Waals surface area contributed by atoms with E-state index in [2.05, 4.69) is 18.7 Å². The van der Waals surface area contributed by atoms with E-state index in [4.69, 9.17) is 18.0 Å². The number of hydrogen-bond acceptors (Lipinski definition) is 2. The second-order valence-corrected chi connectivity index (χ2v) is 6.79. The van der Waals surface area contributed by atoms with Crippen LogP contribution in [0, 0.1) is 5.41 Å². The van der Waals surface area contributed by atoms with Crippen LogP contribution in [0.25, 0.3) is 0 Å². The molecule has 1 aliphatic heterocycles. The molecule has 0 unspecified atom stereocenters. The molecule has 2 atom stereocenters. The van der Waals surface area contributed by atoms with Gasteiger partial charge >= 0.3 is 0 Å². The highest BCUT2D eigenvalue weighted by Gasteiger charge is 2.47. The minimum absolute atomic E-state index is 0.208. The summed E-state index contributed by atoms with van der Waals surface area (Å²) in [6, 6.07) is 0.647. The van der Waals surface area contributed by atoms with Gasteiger partial charge in [-0.05, 0) is 46.0 Å². The van der Waals surface area contributed by atoms with Crippen molar-refractivity contribution < 1.29 is 4.79 Å². The largest absolute Gasteiger partial charge is 0.392 e. The van der Waals surface area contributed by atoms with E-state index < -0.39 is 5.41 Å². The van der Waals surface area contributed by atoms with Crippen molar-refractivity contribution in [1.82, 2.24) is 4.90 Å². The quantitative estimate of drug-likeness (QED) is 0.792. The minimum atomic E-state index is -0.548. The van der Waals surface area contributed by atoms with Crippen molar-refractivity contribution in [2.45, 2.75) is 77.3 Å². The van der Waals surface area contributed by atoms with Gasteiger partial charge < -0.3 is 10.6 Å². The Bertz CT molecular complexity index is 353. The standard InChI is InChI=1S/C15H26N2OS/c1-11-7-6-8-12(2)17(11)14(18)15(13(16)19)9-4-3-5-10-15/h11-12H,3-10H2,1-2H3,(H2,16,19)/t11-,12+. The van der Waals surface area contributed by atoms with E-state index >= 15 is 0 Å². The summed E-state index contributed by atoms with van der Waals surface area (Å²) < 4.78 is 0. The van der Waals surface area contributed by atoms with Crippen molar-refractivity contribution in [3.05, 3.63) is 0 Å². The fourth-order valence-corrected chi connectivity index (χ4v) is 4.08. The van der Waals surface area contributed by atoms with E-state index in [0.717, 1.165) is 38.5 Å². The van der Waals surface area contributed by atoms with E-state index in [-0.39, 0.29) is 5.91 Å². The third-order valence-corrected chi connectivity index (χ3v) is 5.41. The average Bonchev–Trinajstić information content (AvgIpc) is 2.39. The van der Waals surface area contributed by atoms with Gasteiger partial charge in [0.1, 0.15) is 0 Å². The van der Waals surface area contributed by atoms with Crippen molar-refractivity contribution in [2.24, 2.45) is 11.1 Å². The number of thiocarbonyl (C=S) groups is 1. The van der Waals surface area contributed by atoms with Gasteiger partial charge in [-0.1, -0.05) is 31.5 Å². The zero-order chi connectivity index (χ0) is 14.0. The number of carbonyl (C=O) groups excluding carboxylic acids is 1. The zero-order valence-corrected chi connectivity index (χ0v) is 13.0. The van der Waals surface area contributed by atoms with Gasteiger partial charge in [-0.2, -0.15) is 0 Å². The van der Waals surface area contributed by atoms with Gasteiger partial charge in [0.05, 0.1) is 10.4 Å². The minimum Gasteiger partial charge on any atom is -0.392 e. The molecular formula is C15H26N2OS. The number of rotatable bonds is 2. The Morgan fingerprint density at radius 3 is 2.11 bits per heavy atom. The maximum atomic E-state index is 13.1. The summed E-state index contributed by atoms with van der Waals surface area (Å²) in [5.74, 6) is 0.208. The van der Waals surface area contributed by atoms with Crippen molar-refractivity contribution in [1.29, 1.82) is 0 Å². The maximum Gasteiger partial charge on any atom is 0.236 e. The molecule has 19 heavy (non-hydrogen) atoms. The molecule has 0 aromatic carbocycles. The Balaban J connectivity index is 2.26. The van der Waals surface area contributed by atoms with E-state index in [1.165, 1.54) is 12.8 Å². The van der Waals surface area contributed by atoms with Crippen LogP contribution in [-0.4, -0.2) is 27.9 Å². The first-order valence-electron chi connectivity index (χ1n) is 7.62. The molecule has 1 aliphatic carbocycles. The molecule has 0 bridgehead atoms. The number of piperidine rings is 1. The highest BCUT2D eigenvalue weighted by Crippen LogP contribution is 2.40. The highest BCUT2D eigenvalue weighted by molar-refractivity contribution is 7.80. The molecule has 2 aliphatic rings. The van der Waals surface area contributed by atoms with Crippen LogP contribution in [0.5, 0.6) is 0 Å². The molecule has 0 radical (unpaired) electrons. The third kappa shape index (κ3) is 2.64. The maximum absolute atomic E-state index is 13.1. The van der Waals surface area contributed by atoms with Gasteiger partial charge in [0.25, 0.3) is 0 Å². The molecule has 4 heteroatoms. The SMILES string of the molecule is C[C@@H]1CCC[C@H](C)N1C(=O)C1(C(N)=S)CCCCC1. The van der Waals surface area contributed by atoms with Crippen LogP contribution in [0.2, 0.25) is 0 Å². The lowest BCUT2D eigenvalue weighted by Crippen LogP contribution is -2.57. The van der Waals surface area contributed by atoms with Gasteiger partial charge in [-0.15, -0.1) is 0 Å². The molecule has 108 valence electrons. The van der Waals surface area contributed by atoms with E-state index in [0.29, 0.717) is 17.1 Å². The molecule has 2 N–H and O–H groups in total. The first-order valence-corrected chi connectivity index (χ1v) is 8.02. The molecule has 2 rings (SSSR count). The Hall–Kier alpha value is -0.640. The Labute approximate surface area is 121 Å². The van der Waals surface area contributed by atoms with Crippen molar-refractivity contribution in [2.75, 3.05) is 0 Å². The zero-order valence-electron chi connectivity index (χ0n) is 12.2. The van der Waals surface area contributed by atoms with Crippen LogP contribution in [0.4, 0.5) is 0 Å². The van der Waals surface area contributed by atoms with Gasteiger partial charge in [-0.3, -0.25) is 4.79 Å². The molecule has 1 heterocycles. The van der Waals surface area contributed by atoms with Crippen LogP contribution >= 0.6 is 12.2 Å². The number of amides is 1. The fourth-order valence-electron chi connectivity index (χ4n) is 3.79. The van der Waals surface area contributed by atoms with Gasteiger partial charge in [0, 0.05) is 12.1 Å². The first kappa shape index (κ1) is 14.8. The summed E-state index contributed by atoms with van der Waals surface area (Å²) in [6.07, 6.45) is 8.44. The normalized spacial score (nSPS) is 30.9. The summed E-state index contributed by atoms with van der Waals surface area (Å²) >= 11 is 5.28. The Kier molecular flexibility index (Phi) is 4.49. The molecule has 0 aromatic rings. The molecule has 1 saturated heterocycles. The van der Waals surface area contributed by atoms with E-state index in [1.54, 1.807) is 0 Å². The second kappa shape index (κ2) is 5.78. The molecule has 3 nitrogen and oxygen atoms in total. The molecule has 2 fully saturated rings. The van der Waals surface area contributed by atoms with Crippen molar-refractivity contribution >= 4 is 23.1 Å². The monoisotopic (exact) mass is 282 g/mol. The number of nitrogens with zero attached hydrogens (tertiary/aromatic N) is 1. The lowest BCUT2D eigenvalue weighted by Gasteiger charge is -2.46. The van der Waals surface area contributed by atoms with Gasteiger partial charge in [0.15, 0.2) is 0 Å². The van der Waals surface area contributed by atoms with Crippen LogP contribution in [0.15, 0.2) is 0 Å². The van der Waals surface area contributed by atoms with E-state index in [9.17, 15) is 4.79 Å². The predicted molar refractivity (Wildman–Crippen MR) is 81.9 cm³/mol. The third-order valence-electron chi connectivity index (χ3n) is 5.02. The molecule has 0 spiro atoms. The summed E-state index contributed by atoms with van der Waals surface area (Å²) in [6.45, 7) is 4.31. The lowest BCUT2D eigenvalue weighted by molar-refractivity contribution is -0.146. The first-order chi connectivity index (χ1) is 8.99. The topological polar surface area (TPSA) is 46.3 Å². The summed E-state index contributed by atoms with van der Waals surface area (Å²) in [7, 11) is 0. The summed E-state index contributed by atoms with van der Waals surface area (Å²) in [5.41, 5.74) is 5.44. The predicted octanol–water partition coefficient (Wildman–Crippen LogP) is 3.01. The lowest BCUT2D eigenvalue weighted by atomic mass is 9.72. The summed E-state index contributed by atoms with van der Waals surface area (Å²) in [5, 5.41) is 0. The molecular weight excluding hydrogens is 256 g/mol. The van der Waals surface area contributed by atoms with Crippen molar-refractivity contribution in [3.63, 3.8) is 0 Å². The average molecular weight is 282 g/mol. The highest BCUT2D eigenvalue weighted by atomic mass is 32.1. The van der Waals surface area contributed by atoms with Gasteiger partial charge in [-0.25, -0.2) is 0 Å². The Morgan fingerprint density at radius 1 is 1.11 bits per heavy atom. The van der Waals surface area contributed by atoms with E-state index in [1.807, 2.05) is 0 Å².